The first kappa shape index (κ1) is 15.9. The zero-order valence-electron chi connectivity index (χ0n) is 11.9. The molecule has 3 rings (SSSR count). The molecule has 4 nitrogen and oxygen atoms in total. The van der Waals surface area contributed by atoms with Gasteiger partial charge in [-0.3, -0.25) is 0 Å². The van der Waals surface area contributed by atoms with Crippen molar-refractivity contribution in [2.24, 2.45) is 0 Å². The first-order chi connectivity index (χ1) is 10.7. The Morgan fingerprint density at radius 3 is 3.05 bits per heavy atom. The van der Waals surface area contributed by atoms with Crippen LogP contribution >= 0.6 is 34.5 Å². The standard InChI is InChI=1S/C15H16Cl2N2O2S/c16-10-3-4-14(21-9-11-2-1-5-20-11)13(6-10)18-7-12-8-19-15(17)22-12/h3-4,6,8,11,18H,1-2,5,7,9H2/t11-/m1/s1. The fraction of sp³-hybridized carbons (Fsp3) is 0.400. The SMILES string of the molecule is Clc1ccc(OC[C@H]2CCCO2)c(NCc2cnc(Cl)s2)c1. The van der Waals surface area contributed by atoms with Gasteiger partial charge in [-0.05, 0) is 31.0 Å². The third-order valence-electron chi connectivity index (χ3n) is 3.37. The lowest BCUT2D eigenvalue weighted by atomic mass is 10.2. The van der Waals surface area contributed by atoms with E-state index in [2.05, 4.69) is 10.3 Å². The first-order valence-electron chi connectivity index (χ1n) is 7.09. The van der Waals surface area contributed by atoms with Crippen molar-refractivity contribution in [3.8, 4) is 5.75 Å². The molecule has 0 spiro atoms. The number of nitrogens with zero attached hydrogens (tertiary/aromatic N) is 1. The topological polar surface area (TPSA) is 43.4 Å². The zero-order chi connectivity index (χ0) is 15.4. The summed E-state index contributed by atoms with van der Waals surface area (Å²) in [6, 6.07) is 5.55. The Morgan fingerprint density at radius 1 is 1.41 bits per heavy atom. The van der Waals surface area contributed by atoms with Crippen molar-refractivity contribution in [2.45, 2.75) is 25.5 Å². The van der Waals surface area contributed by atoms with Crippen molar-refractivity contribution < 1.29 is 9.47 Å². The number of hydrogen-bond donors (Lipinski definition) is 1. The van der Waals surface area contributed by atoms with Gasteiger partial charge in [0.1, 0.15) is 12.4 Å². The van der Waals surface area contributed by atoms with Crippen molar-refractivity contribution in [3.05, 3.63) is 38.8 Å². The highest BCUT2D eigenvalue weighted by molar-refractivity contribution is 7.15. The summed E-state index contributed by atoms with van der Waals surface area (Å²) in [7, 11) is 0. The van der Waals surface area contributed by atoms with Crippen LogP contribution in [0.15, 0.2) is 24.4 Å². The van der Waals surface area contributed by atoms with Crippen molar-refractivity contribution >= 4 is 40.2 Å². The van der Waals surface area contributed by atoms with Crippen molar-refractivity contribution in [1.29, 1.82) is 0 Å². The van der Waals surface area contributed by atoms with Gasteiger partial charge in [0.15, 0.2) is 4.47 Å². The molecule has 2 aromatic rings. The molecule has 1 atom stereocenters. The van der Waals surface area contributed by atoms with Gasteiger partial charge in [-0.15, -0.1) is 11.3 Å². The van der Waals surface area contributed by atoms with Gasteiger partial charge in [0.2, 0.25) is 0 Å². The third kappa shape index (κ3) is 4.26. The Labute approximate surface area is 143 Å². The van der Waals surface area contributed by atoms with Crippen molar-refractivity contribution in [1.82, 2.24) is 4.98 Å². The van der Waals surface area contributed by atoms with Crippen LogP contribution in [0, 0.1) is 0 Å². The molecule has 22 heavy (non-hydrogen) atoms. The van der Waals surface area contributed by atoms with Gasteiger partial charge in [-0.25, -0.2) is 4.98 Å². The summed E-state index contributed by atoms with van der Waals surface area (Å²) in [4.78, 5) is 5.08. The molecule has 0 bridgehead atoms. The molecule has 118 valence electrons. The highest BCUT2D eigenvalue weighted by Crippen LogP contribution is 2.30. The van der Waals surface area contributed by atoms with E-state index >= 15 is 0 Å². The number of rotatable bonds is 6. The fourth-order valence-electron chi connectivity index (χ4n) is 2.27. The van der Waals surface area contributed by atoms with Crippen LogP contribution in [0.25, 0.3) is 0 Å². The molecule has 1 N–H and O–H groups in total. The maximum atomic E-state index is 6.08. The highest BCUT2D eigenvalue weighted by atomic mass is 35.5. The van der Waals surface area contributed by atoms with Crippen LogP contribution < -0.4 is 10.1 Å². The van der Waals surface area contributed by atoms with E-state index in [1.54, 1.807) is 6.20 Å². The van der Waals surface area contributed by atoms with E-state index in [9.17, 15) is 0 Å². The summed E-state index contributed by atoms with van der Waals surface area (Å²) in [5.41, 5.74) is 0.856. The molecule has 1 aromatic heterocycles. The second-order valence-electron chi connectivity index (χ2n) is 5.02. The molecule has 0 unspecified atom stereocenters. The predicted molar refractivity (Wildman–Crippen MR) is 90.4 cm³/mol. The van der Waals surface area contributed by atoms with Crippen molar-refractivity contribution in [3.63, 3.8) is 0 Å². The lowest BCUT2D eigenvalue weighted by Crippen LogP contribution is -2.16. The third-order valence-corrected chi connectivity index (χ3v) is 4.72. The molecule has 0 amide bonds. The smallest absolute Gasteiger partial charge is 0.183 e. The van der Waals surface area contributed by atoms with E-state index in [4.69, 9.17) is 32.7 Å². The summed E-state index contributed by atoms with van der Waals surface area (Å²) >= 11 is 13.4. The van der Waals surface area contributed by atoms with Gasteiger partial charge in [-0.1, -0.05) is 23.2 Å². The molecule has 1 aliphatic rings. The van der Waals surface area contributed by atoms with E-state index in [-0.39, 0.29) is 6.10 Å². The summed E-state index contributed by atoms with van der Waals surface area (Å²) in [6.45, 7) is 2.01. The summed E-state index contributed by atoms with van der Waals surface area (Å²) in [5.74, 6) is 0.774. The lowest BCUT2D eigenvalue weighted by molar-refractivity contribution is 0.0682. The maximum absolute atomic E-state index is 6.08. The minimum absolute atomic E-state index is 0.184. The van der Waals surface area contributed by atoms with Crippen molar-refractivity contribution in [2.75, 3.05) is 18.5 Å². The van der Waals surface area contributed by atoms with Crippen LogP contribution in [0.3, 0.4) is 0 Å². The van der Waals surface area contributed by atoms with E-state index in [1.165, 1.54) is 11.3 Å². The highest BCUT2D eigenvalue weighted by Gasteiger charge is 2.17. The van der Waals surface area contributed by atoms with E-state index in [0.29, 0.717) is 22.6 Å². The Bertz CT molecular complexity index is 630. The lowest BCUT2D eigenvalue weighted by Gasteiger charge is -2.15. The average Bonchev–Trinajstić information content (AvgIpc) is 3.15. The molecule has 1 saturated heterocycles. The van der Waals surface area contributed by atoms with Crippen LogP contribution in [0.4, 0.5) is 5.69 Å². The van der Waals surface area contributed by atoms with Gasteiger partial charge in [0, 0.05) is 22.7 Å². The summed E-state index contributed by atoms with van der Waals surface area (Å²) in [6.07, 6.45) is 4.10. The second-order valence-corrected chi connectivity index (χ2v) is 7.15. The normalized spacial score (nSPS) is 17.6. The molecule has 2 heterocycles. The quantitative estimate of drug-likeness (QED) is 0.817. The van der Waals surface area contributed by atoms with Crippen LogP contribution in [-0.4, -0.2) is 24.3 Å². The molecule has 1 fully saturated rings. The number of nitrogens with one attached hydrogen (secondary N) is 1. The van der Waals surface area contributed by atoms with Gasteiger partial charge in [0.25, 0.3) is 0 Å². The minimum Gasteiger partial charge on any atom is -0.489 e. The Balaban J connectivity index is 1.64. The monoisotopic (exact) mass is 358 g/mol. The van der Waals surface area contributed by atoms with Gasteiger partial charge in [0.05, 0.1) is 18.3 Å². The summed E-state index contributed by atoms with van der Waals surface area (Å²) in [5, 5.41) is 3.98. The fourth-order valence-corrected chi connectivity index (χ4v) is 3.36. The molecule has 0 radical (unpaired) electrons. The number of aromatic nitrogens is 1. The molecule has 0 saturated carbocycles. The van der Waals surface area contributed by atoms with Crippen LogP contribution in [0.2, 0.25) is 9.49 Å². The van der Waals surface area contributed by atoms with E-state index < -0.39 is 0 Å². The van der Waals surface area contributed by atoms with Gasteiger partial charge < -0.3 is 14.8 Å². The molecule has 0 aliphatic carbocycles. The number of benzene rings is 1. The van der Waals surface area contributed by atoms with Crippen LogP contribution in [0.5, 0.6) is 5.75 Å². The number of anilines is 1. The van der Waals surface area contributed by atoms with Gasteiger partial charge in [-0.2, -0.15) is 0 Å². The predicted octanol–water partition coefficient (Wildman–Crippen LogP) is 4.62. The van der Waals surface area contributed by atoms with Crippen LogP contribution in [0.1, 0.15) is 17.7 Å². The number of hydrogen-bond acceptors (Lipinski definition) is 5. The largest absolute Gasteiger partial charge is 0.489 e. The molecule has 1 aliphatic heterocycles. The zero-order valence-corrected chi connectivity index (χ0v) is 14.2. The number of thiazole rings is 1. The Morgan fingerprint density at radius 2 is 2.32 bits per heavy atom. The Hall–Kier alpha value is -1.01. The molecule has 7 heteroatoms. The molecular formula is C15H16Cl2N2O2S. The van der Waals surface area contributed by atoms with E-state index in [0.717, 1.165) is 35.8 Å². The molecule has 1 aromatic carbocycles. The number of halogens is 2. The maximum Gasteiger partial charge on any atom is 0.183 e. The van der Waals surface area contributed by atoms with E-state index in [1.807, 2.05) is 18.2 Å². The summed E-state index contributed by atoms with van der Waals surface area (Å²) < 4.78 is 12.0. The molecular weight excluding hydrogens is 343 g/mol. The first-order valence-corrected chi connectivity index (χ1v) is 8.66. The Kier molecular flexibility index (Phi) is 5.41. The van der Waals surface area contributed by atoms with Crippen LogP contribution in [-0.2, 0) is 11.3 Å². The average molecular weight is 359 g/mol. The second kappa shape index (κ2) is 7.51. The van der Waals surface area contributed by atoms with Gasteiger partial charge >= 0.3 is 0 Å². The number of ether oxygens (including phenoxy) is 2. The minimum atomic E-state index is 0.184.